The molecule has 0 spiro atoms. The van der Waals surface area contributed by atoms with E-state index in [4.69, 9.17) is 5.26 Å². The lowest BCUT2D eigenvalue weighted by Crippen LogP contribution is -2.43. The van der Waals surface area contributed by atoms with Crippen LogP contribution in [0.2, 0.25) is 0 Å². The van der Waals surface area contributed by atoms with E-state index < -0.39 is 5.41 Å². The lowest BCUT2D eigenvalue weighted by atomic mass is 10.0. The zero-order chi connectivity index (χ0) is 10.2. The minimum absolute atomic E-state index is 0.0214. The van der Waals surface area contributed by atoms with Gasteiger partial charge in [-0.1, -0.05) is 0 Å². The van der Waals surface area contributed by atoms with Crippen LogP contribution in [-0.4, -0.2) is 35.1 Å². The highest BCUT2D eigenvalue weighted by molar-refractivity contribution is 5.88. The summed E-state index contributed by atoms with van der Waals surface area (Å²) in [5, 5.41) is 18.1. The fourth-order valence-electron chi connectivity index (χ4n) is 1.87. The summed E-state index contributed by atoms with van der Waals surface area (Å²) in [4.78, 5) is 13.6. The number of amides is 1. The summed E-state index contributed by atoms with van der Waals surface area (Å²) in [6.07, 6.45) is 2.44. The molecule has 0 unspecified atom stereocenters. The van der Waals surface area contributed by atoms with Gasteiger partial charge in [0.2, 0.25) is 5.91 Å². The summed E-state index contributed by atoms with van der Waals surface area (Å²) in [7, 11) is 0. The molecule has 76 valence electrons. The molecule has 1 saturated carbocycles. The molecule has 4 nitrogen and oxygen atoms in total. The first kappa shape index (κ1) is 9.47. The number of nitrogens with zero attached hydrogens (tertiary/aromatic N) is 2. The van der Waals surface area contributed by atoms with Crippen LogP contribution in [0.25, 0.3) is 0 Å². The van der Waals surface area contributed by atoms with Gasteiger partial charge < -0.3 is 10.0 Å². The number of aliphatic hydroxyl groups is 1. The highest BCUT2D eigenvalue weighted by atomic mass is 16.3. The van der Waals surface area contributed by atoms with Gasteiger partial charge in [0.05, 0.1) is 12.2 Å². The van der Waals surface area contributed by atoms with Crippen molar-refractivity contribution in [2.24, 2.45) is 5.41 Å². The molecule has 2 rings (SSSR count). The van der Waals surface area contributed by atoms with Gasteiger partial charge in [0.15, 0.2) is 0 Å². The number of aliphatic hydroxyl groups excluding tert-OH is 1. The van der Waals surface area contributed by atoms with Crippen molar-refractivity contribution in [1.29, 1.82) is 5.26 Å². The largest absolute Gasteiger partial charge is 0.393 e. The van der Waals surface area contributed by atoms with E-state index in [2.05, 4.69) is 6.07 Å². The third kappa shape index (κ3) is 1.48. The Balaban J connectivity index is 1.97. The van der Waals surface area contributed by atoms with Gasteiger partial charge in [-0.3, -0.25) is 4.79 Å². The van der Waals surface area contributed by atoms with Crippen molar-refractivity contribution in [3.05, 3.63) is 0 Å². The molecule has 0 bridgehead atoms. The molecule has 1 saturated heterocycles. The zero-order valence-corrected chi connectivity index (χ0v) is 8.07. The molecule has 1 amide bonds. The normalized spacial score (nSPS) is 25.6. The van der Waals surface area contributed by atoms with Crippen LogP contribution in [0.1, 0.15) is 25.7 Å². The molecule has 1 heterocycles. The highest BCUT2D eigenvalue weighted by Gasteiger charge is 2.52. The van der Waals surface area contributed by atoms with E-state index in [1.54, 1.807) is 4.90 Å². The van der Waals surface area contributed by atoms with Gasteiger partial charge in [-0.2, -0.15) is 5.26 Å². The van der Waals surface area contributed by atoms with E-state index in [-0.39, 0.29) is 12.0 Å². The zero-order valence-electron chi connectivity index (χ0n) is 8.07. The lowest BCUT2D eigenvalue weighted by molar-refractivity contribution is -0.136. The van der Waals surface area contributed by atoms with Gasteiger partial charge in [0.1, 0.15) is 5.41 Å². The summed E-state index contributed by atoms with van der Waals surface area (Å²) in [6.45, 7) is 1.20. The summed E-state index contributed by atoms with van der Waals surface area (Å²) < 4.78 is 0. The second-order valence-corrected chi connectivity index (χ2v) is 4.22. The fourth-order valence-corrected chi connectivity index (χ4v) is 1.87. The second kappa shape index (κ2) is 3.25. The maximum absolute atomic E-state index is 11.8. The Morgan fingerprint density at radius 2 is 2.00 bits per heavy atom. The minimum atomic E-state index is -0.692. The molecule has 1 aliphatic carbocycles. The summed E-state index contributed by atoms with van der Waals surface area (Å²) in [5.74, 6) is -0.0214. The van der Waals surface area contributed by atoms with E-state index >= 15 is 0 Å². The summed E-state index contributed by atoms with van der Waals surface area (Å²) >= 11 is 0. The van der Waals surface area contributed by atoms with E-state index in [9.17, 15) is 9.90 Å². The first-order valence-electron chi connectivity index (χ1n) is 5.07. The maximum Gasteiger partial charge on any atom is 0.243 e. The molecule has 0 aromatic carbocycles. The van der Waals surface area contributed by atoms with E-state index in [0.29, 0.717) is 38.8 Å². The van der Waals surface area contributed by atoms with Gasteiger partial charge in [0.25, 0.3) is 0 Å². The van der Waals surface area contributed by atoms with Crippen LogP contribution in [0, 0.1) is 16.7 Å². The molecular weight excluding hydrogens is 180 g/mol. The van der Waals surface area contributed by atoms with Gasteiger partial charge in [0, 0.05) is 13.1 Å². The number of carbonyl (C=O) groups is 1. The van der Waals surface area contributed by atoms with Crippen LogP contribution in [0.5, 0.6) is 0 Å². The van der Waals surface area contributed by atoms with Crippen molar-refractivity contribution in [2.45, 2.75) is 31.8 Å². The topological polar surface area (TPSA) is 64.3 Å². The molecule has 14 heavy (non-hydrogen) atoms. The van der Waals surface area contributed by atoms with Crippen LogP contribution >= 0.6 is 0 Å². The Morgan fingerprint density at radius 3 is 2.43 bits per heavy atom. The van der Waals surface area contributed by atoms with E-state index in [0.717, 1.165) is 0 Å². The number of hydrogen-bond donors (Lipinski definition) is 1. The SMILES string of the molecule is N#CC1(C(=O)N2CCC(O)CC2)CC1. The molecule has 0 atom stereocenters. The predicted octanol–water partition coefficient (Wildman–Crippen LogP) is 0.273. The van der Waals surface area contributed by atoms with E-state index in [1.165, 1.54) is 0 Å². The third-order valence-corrected chi connectivity index (χ3v) is 3.13. The molecule has 1 aliphatic heterocycles. The Hall–Kier alpha value is -1.08. The van der Waals surface area contributed by atoms with Crippen LogP contribution in [0.3, 0.4) is 0 Å². The number of rotatable bonds is 1. The van der Waals surface area contributed by atoms with Crippen LogP contribution in [0.4, 0.5) is 0 Å². The molecule has 2 aliphatic rings. The number of hydrogen-bond acceptors (Lipinski definition) is 3. The maximum atomic E-state index is 11.8. The number of carbonyl (C=O) groups excluding carboxylic acids is 1. The second-order valence-electron chi connectivity index (χ2n) is 4.22. The van der Waals surface area contributed by atoms with Crippen molar-refractivity contribution in [3.63, 3.8) is 0 Å². The minimum Gasteiger partial charge on any atom is -0.393 e. The van der Waals surface area contributed by atoms with Gasteiger partial charge >= 0.3 is 0 Å². The summed E-state index contributed by atoms with van der Waals surface area (Å²) in [5.41, 5.74) is -0.692. The third-order valence-electron chi connectivity index (χ3n) is 3.13. The number of piperidine rings is 1. The molecule has 0 radical (unpaired) electrons. The average molecular weight is 194 g/mol. The van der Waals surface area contributed by atoms with Crippen LogP contribution in [0.15, 0.2) is 0 Å². The lowest BCUT2D eigenvalue weighted by Gasteiger charge is -2.30. The molecular formula is C10H14N2O2. The average Bonchev–Trinajstić information content (AvgIpc) is 2.99. The van der Waals surface area contributed by atoms with Gasteiger partial charge in [-0.05, 0) is 25.7 Å². The first-order chi connectivity index (χ1) is 6.68. The Morgan fingerprint density at radius 1 is 1.43 bits per heavy atom. The van der Waals surface area contributed by atoms with Crippen LogP contribution in [-0.2, 0) is 4.79 Å². The van der Waals surface area contributed by atoms with Gasteiger partial charge in [-0.15, -0.1) is 0 Å². The Labute approximate surface area is 83.1 Å². The fraction of sp³-hybridized carbons (Fsp3) is 0.800. The monoisotopic (exact) mass is 194 g/mol. The van der Waals surface area contributed by atoms with Crippen LogP contribution < -0.4 is 0 Å². The predicted molar refractivity (Wildman–Crippen MR) is 49.1 cm³/mol. The molecule has 4 heteroatoms. The quantitative estimate of drug-likeness (QED) is 0.651. The molecule has 1 N–H and O–H groups in total. The van der Waals surface area contributed by atoms with E-state index in [1.807, 2.05) is 0 Å². The van der Waals surface area contributed by atoms with Crippen molar-refractivity contribution in [3.8, 4) is 6.07 Å². The first-order valence-corrected chi connectivity index (χ1v) is 5.07. The molecule has 2 fully saturated rings. The smallest absolute Gasteiger partial charge is 0.243 e. The van der Waals surface area contributed by atoms with Crippen molar-refractivity contribution < 1.29 is 9.90 Å². The van der Waals surface area contributed by atoms with Gasteiger partial charge in [-0.25, -0.2) is 0 Å². The number of nitriles is 1. The Bertz CT molecular complexity index is 283. The highest BCUT2D eigenvalue weighted by Crippen LogP contribution is 2.46. The standard InChI is InChI=1S/C10H14N2O2/c11-7-10(3-4-10)9(14)12-5-1-8(13)2-6-12/h8,13H,1-6H2. The number of likely N-dealkylation sites (tertiary alicyclic amines) is 1. The molecule has 0 aromatic rings. The van der Waals surface area contributed by atoms with Crippen molar-refractivity contribution in [1.82, 2.24) is 4.90 Å². The Kier molecular flexibility index (Phi) is 2.20. The van der Waals surface area contributed by atoms with Crippen molar-refractivity contribution in [2.75, 3.05) is 13.1 Å². The molecule has 0 aromatic heterocycles. The summed E-state index contributed by atoms with van der Waals surface area (Å²) in [6, 6.07) is 2.11. The van der Waals surface area contributed by atoms with Crippen molar-refractivity contribution >= 4 is 5.91 Å².